The smallest absolute Gasteiger partial charge is 0.269 e. The molecule has 0 bridgehead atoms. The van der Waals surface area contributed by atoms with E-state index in [1.807, 2.05) is 0 Å². The Labute approximate surface area is 173 Å². The second-order valence-electron chi connectivity index (χ2n) is 6.52. The minimum atomic E-state index is -0.562. The Balaban J connectivity index is 1.70. The van der Waals surface area contributed by atoms with Crippen molar-refractivity contribution >= 4 is 23.4 Å². The van der Waals surface area contributed by atoms with E-state index in [0.29, 0.717) is 41.5 Å². The van der Waals surface area contributed by atoms with Crippen molar-refractivity contribution in [3.63, 3.8) is 0 Å². The molecule has 2 aromatic carbocycles. The zero-order valence-electron chi connectivity index (χ0n) is 17.0. The first-order valence-electron chi connectivity index (χ1n) is 9.29. The topological polar surface area (TPSA) is 106 Å². The van der Waals surface area contributed by atoms with Crippen LogP contribution in [-0.2, 0) is 4.79 Å². The van der Waals surface area contributed by atoms with Crippen LogP contribution in [0.25, 0.3) is 0 Å². The number of hydrazine groups is 1. The molecule has 1 fully saturated rings. The standard InChI is InChI=1S/C21H23N3O6/c1-28-16-11-14(12-17(29-2)19(16)30-3)21(27)23-22-20(26)13-6-4-7-15(10-13)24-9-5-8-18(24)25/h4,6-7,10-12H,5,8-9H2,1-3H3,(H,22,26)(H,23,27). The lowest BCUT2D eigenvalue weighted by Gasteiger charge is -2.16. The molecule has 0 radical (unpaired) electrons. The normalized spacial score (nSPS) is 13.0. The summed E-state index contributed by atoms with van der Waals surface area (Å²) in [5, 5.41) is 0. The number of hydrogen-bond donors (Lipinski definition) is 2. The van der Waals surface area contributed by atoms with Crippen molar-refractivity contribution in [2.24, 2.45) is 0 Å². The number of hydrogen-bond acceptors (Lipinski definition) is 6. The highest BCUT2D eigenvalue weighted by atomic mass is 16.5. The molecule has 158 valence electrons. The molecule has 1 saturated heterocycles. The van der Waals surface area contributed by atoms with Crippen LogP contribution < -0.4 is 30.0 Å². The van der Waals surface area contributed by atoms with E-state index in [-0.39, 0.29) is 11.5 Å². The predicted octanol–water partition coefficient (Wildman–Crippen LogP) is 1.91. The number of carbonyl (C=O) groups is 3. The van der Waals surface area contributed by atoms with E-state index in [0.717, 1.165) is 6.42 Å². The van der Waals surface area contributed by atoms with Crippen LogP contribution in [0.4, 0.5) is 5.69 Å². The highest BCUT2D eigenvalue weighted by Gasteiger charge is 2.22. The third kappa shape index (κ3) is 4.29. The minimum absolute atomic E-state index is 0.0308. The van der Waals surface area contributed by atoms with Gasteiger partial charge in [0.15, 0.2) is 11.5 Å². The molecule has 9 heteroatoms. The zero-order chi connectivity index (χ0) is 21.7. The lowest BCUT2D eigenvalue weighted by molar-refractivity contribution is -0.117. The summed E-state index contributed by atoms with van der Waals surface area (Å²) in [7, 11) is 4.35. The molecule has 30 heavy (non-hydrogen) atoms. The lowest BCUT2D eigenvalue weighted by Crippen LogP contribution is -2.41. The number of nitrogens with one attached hydrogen (secondary N) is 2. The van der Waals surface area contributed by atoms with Crippen molar-refractivity contribution in [1.29, 1.82) is 0 Å². The summed E-state index contributed by atoms with van der Waals surface area (Å²) in [6, 6.07) is 9.63. The van der Waals surface area contributed by atoms with E-state index in [1.54, 1.807) is 29.2 Å². The fourth-order valence-corrected chi connectivity index (χ4v) is 3.21. The molecular formula is C21H23N3O6. The summed E-state index contributed by atoms with van der Waals surface area (Å²) in [6.07, 6.45) is 1.29. The van der Waals surface area contributed by atoms with Gasteiger partial charge in [-0.25, -0.2) is 0 Å². The van der Waals surface area contributed by atoms with Gasteiger partial charge in [0.25, 0.3) is 11.8 Å². The van der Waals surface area contributed by atoms with E-state index in [2.05, 4.69) is 10.9 Å². The molecule has 1 aliphatic heterocycles. The Kier molecular flexibility index (Phi) is 6.41. The first kappa shape index (κ1) is 21.0. The molecule has 9 nitrogen and oxygen atoms in total. The second kappa shape index (κ2) is 9.17. The number of benzene rings is 2. The Morgan fingerprint density at radius 2 is 1.53 bits per heavy atom. The van der Waals surface area contributed by atoms with Crippen molar-refractivity contribution in [3.8, 4) is 17.2 Å². The highest BCUT2D eigenvalue weighted by Crippen LogP contribution is 2.38. The summed E-state index contributed by atoms with van der Waals surface area (Å²) >= 11 is 0. The number of nitrogens with zero attached hydrogens (tertiary/aromatic N) is 1. The molecule has 0 atom stereocenters. The summed E-state index contributed by atoms with van der Waals surface area (Å²) in [5.74, 6) is -0.0532. The average molecular weight is 413 g/mol. The van der Waals surface area contributed by atoms with Crippen LogP contribution in [0.2, 0.25) is 0 Å². The summed E-state index contributed by atoms with van der Waals surface area (Å²) in [6.45, 7) is 0.627. The Hall–Kier alpha value is -3.75. The van der Waals surface area contributed by atoms with Gasteiger partial charge in [0.1, 0.15) is 0 Å². The number of anilines is 1. The Bertz CT molecular complexity index is 950. The molecular weight excluding hydrogens is 390 g/mol. The molecule has 0 saturated carbocycles. The average Bonchev–Trinajstić information content (AvgIpc) is 3.21. The largest absolute Gasteiger partial charge is 0.493 e. The molecule has 0 aliphatic carbocycles. The SMILES string of the molecule is COc1cc(C(=O)NNC(=O)c2cccc(N3CCCC3=O)c2)cc(OC)c1OC. The maximum atomic E-state index is 12.5. The van der Waals surface area contributed by atoms with Crippen LogP contribution >= 0.6 is 0 Å². The molecule has 0 aromatic heterocycles. The van der Waals surface area contributed by atoms with Gasteiger partial charge in [0, 0.05) is 29.8 Å². The van der Waals surface area contributed by atoms with E-state index >= 15 is 0 Å². The van der Waals surface area contributed by atoms with Gasteiger partial charge in [-0.1, -0.05) is 6.07 Å². The van der Waals surface area contributed by atoms with Gasteiger partial charge in [-0.05, 0) is 36.8 Å². The molecule has 3 amide bonds. The monoisotopic (exact) mass is 413 g/mol. The number of rotatable bonds is 6. The second-order valence-corrected chi connectivity index (χ2v) is 6.52. The lowest BCUT2D eigenvalue weighted by atomic mass is 10.1. The van der Waals surface area contributed by atoms with Crippen molar-refractivity contribution in [2.45, 2.75) is 12.8 Å². The fraction of sp³-hybridized carbons (Fsp3) is 0.286. The highest BCUT2D eigenvalue weighted by molar-refractivity contribution is 6.01. The van der Waals surface area contributed by atoms with E-state index in [1.165, 1.54) is 33.5 Å². The van der Waals surface area contributed by atoms with Crippen LogP contribution in [0.1, 0.15) is 33.6 Å². The molecule has 3 rings (SSSR count). The van der Waals surface area contributed by atoms with Gasteiger partial charge in [-0.15, -0.1) is 0 Å². The molecule has 2 aromatic rings. The number of methoxy groups -OCH3 is 3. The van der Waals surface area contributed by atoms with E-state index < -0.39 is 11.8 Å². The molecule has 2 N–H and O–H groups in total. The Morgan fingerprint density at radius 1 is 0.900 bits per heavy atom. The van der Waals surface area contributed by atoms with Crippen LogP contribution in [0.15, 0.2) is 36.4 Å². The number of ether oxygens (including phenoxy) is 3. The summed E-state index contributed by atoms with van der Waals surface area (Å²) in [4.78, 5) is 38.5. The number of carbonyl (C=O) groups excluding carboxylic acids is 3. The van der Waals surface area contributed by atoms with E-state index in [4.69, 9.17) is 14.2 Å². The zero-order valence-corrected chi connectivity index (χ0v) is 17.0. The van der Waals surface area contributed by atoms with Crippen LogP contribution in [0.3, 0.4) is 0 Å². The van der Waals surface area contributed by atoms with Gasteiger partial charge >= 0.3 is 0 Å². The summed E-state index contributed by atoms with van der Waals surface area (Å²) in [5.41, 5.74) is 5.92. The molecule has 1 heterocycles. The van der Waals surface area contributed by atoms with Crippen molar-refractivity contribution < 1.29 is 28.6 Å². The first-order chi connectivity index (χ1) is 14.5. The van der Waals surface area contributed by atoms with Gasteiger partial charge in [0.2, 0.25) is 11.7 Å². The fourth-order valence-electron chi connectivity index (χ4n) is 3.21. The van der Waals surface area contributed by atoms with Gasteiger partial charge in [-0.3, -0.25) is 25.2 Å². The van der Waals surface area contributed by atoms with Crippen LogP contribution in [0.5, 0.6) is 17.2 Å². The van der Waals surface area contributed by atoms with Crippen molar-refractivity contribution in [1.82, 2.24) is 10.9 Å². The van der Waals surface area contributed by atoms with Gasteiger partial charge in [-0.2, -0.15) is 0 Å². The van der Waals surface area contributed by atoms with Crippen LogP contribution in [0, 0.1) is 0 Å². The quantitative estimate of drug-likeness (QED) is 0.701. The molecule has 1 aliphatic rings. The maximum absolute atomic E-state index is 12.5. The number of amides is 3. The minimum Gasteiger partial charge on any atom is -0.493 e. The third-order valence-corrected chi connectivity index (χ3v) is 4.71. The summed E-state index contributed by atoms with van der Waals surface area (Å²) < 4.78 is 15.7. The van der Waals surface area contributed by atoms with Gasteiger partial charge in [0.05, 0.1) is 21.3 Å². The van der Waals surface area contributed by atoms with E-state index in [9.17, 15) is 14.4 Å². The molecule has 0 unspecified atom stereocenters. The first-order valence-corrected chi connectivity index (χ1v) is 9.29. The Morgan fingerprint density at radius 3 is 2.07 bits per heavy atom. The predicted molar refractivity (Wildman–Crippen MR) is 109 cm³/mol. The van der Waals surface area contributed by atoms with Crippen molar-refractivity contribution in [3.05, 3.63) is 47.5 Å². The van der Waals surface area contributed by atoms with Crippen molar-refractivity contribution in [2.75, 3.05) is 32.8 Å². The third-order valence-electron chi connectivity index (χ3n) is 4.71. The maximum Gasteiger partial charge on any atom is 0.269 e. The van der Waals surface area contributed by atoms with Gasteiger partial charge < -0.3 is 19.1 Å². The van der Waals surface area contributed by atoms with Crippen LogP contribution in [-0.4, -0.2) is 45.6 Å². The molecule has 0 spiro atoms.